The van der Waals surface area contributed by atoms with Gasteiger partial charge in [0.05, 0.1) is 11.4 Å². The number of hydrogen-bond donors (Lipinski definition) is 0. The van der Waals surface area contributed by atoms with E-state index in [2.05, 4.69) is 127 Å². The molecule has 1 nitrogen and oxygen atoms in total. The van der Waals surface area contributed by atoms with Gasteiger partial charge in [0, 0.05) is 21.6 Å². The average molecular weight is 502 g/mol. The number of thiophene rings is 1. The molecule has 2 heterocycles. The van der Waals surface area contributed by atoms with Crippen molar-refractivity contribution in [2.45, 2.75) is 6.42 Å². The number of benzene rings is 5. The summed E-state index contributed by atoms with van der Waals surface area (Å²) in [5.74, 6) is 0. The van der Waals surface area contributed by atoms with E-state index in [0.29, 0.717) is 0 Å². The summed E-state index contributed by atoms with van der Waals surface area (Å²) in [6.45, 7) is 0. The van der Waals surface area contributed by atoms with Crippen LogP contribution in [0.15, 0.2) is 121 Å². The van der Waals surface area contributed by atoms with Gasteiger partial charge in [0.2, 0.25) is 0 Å². The second-order valence-corrected chi connectivity index (χ2v) is 11.1. The summed E-state index contributed by atoms with van der Waals surface area (Å²) in [6, 6.07) is 39.4. The predicted octanol–water partition coefficient (Wildman–Crippen LogP) is 10.1. The molecule has 0 atom stereocenters. The molecular weight excluding hydrogens is 478 g/mol. The minimum atomic E-state index is 0.895. The zero-order valence-corrected chi connectivity index (χ0v) is 21.5. The van der Waals surface area contributed by atoms with Crippen LogP contribution < -0.4 is 0 Å². The Morgan fingerprint density at radius 3 is 1.95 bits per heavy atom. The first-order valence-electron chi connectivity index (χ1n) is 13.0. The molecule has 0 fully saturated rings. The third-order valence-electron chi connectivity index (χ3n) is 7.74. The Morgan fingerprint density at radius 1 is 0.553 bits per heavy atom. The number of hydrogen-bond acceptors (Lipinski definition) is 2. The second-order valence-electron chi connectivity index (χ2n) is 9.92. The summed E-state index contributed by atoms with van der Waals surface area (Å²) in [7, 11) is 0. The minimum Gasteiger partial charge on any atom is -0.248 e. The highest BCUT2D eigenvalue weighted by atomic mass is 32.1. The smallest absolute Gasteiger partial charge is 0.0709 e. The van der Waals surface area contributed by atoms with Crippen molar-refractivity contribution in [3.8, 4) is 11.3 Å². The molecule has 1 aliphatic carbocycles. The lowest BCUT2D eigenvalue weighted by Gasteiger charge is -2.12. The van der Waals surface area contributed by atoms with E-state index >= 15 is 0 Å². The fraction of sp³-hybridized carbons (Fsp3) is 0.0278. The Hall–Kier alpha value is -4.53. The van der Waals surface area contributed by atoms with Crippen LogP contribution in [0, 0.1) is 0 Å². The molecule has 0 radical (unpaired) electrons. The zero-order chi connectivity index (χ0) is 25.1. The van der Waals surface area contributed by atoms with Crippen molar-refractivity contribution in [1.82, 2.24) is 4.98 Å². The fourth-order valence-electron chi connectivity index (χ4n) is 5.94. The third-order valence-corrected chi connectivity index (χ3v) is 8.93. The van der Waals surface area contributed by atoms with Gasteiger partial charge < -0.3 is 0 Å². The third kappa shape index (κ3) is 3.34. The first-order valence-corrected chi connectivity index (χ1v) is 13.8. The zero-order valence-electron chi connectivity index (χ0n) is 20.7. The minimum absolute atomic E-state index is 0.895. The molecule has 0 saturated carbocycles. The quantitative estimate of drug-likeness (QED) is 0.215. The van der Waals surface area contributed by atoms with Crippen LogP contribution in [-0.2, 0) is 6.42 Å². The summed E-state index contributed by atoms with van der Waals surface area (Å²) < 4.78 is 1.35. The van der Waals surface area contributed by atoms with Crippen molar-refractivity contribution >= 4 is 65.4 Å². The summed E-state index contributed by atoms with van der Waals surface area (Å²) in [6.07, 6.45) is 7.56. The van der Waals surface area contributed by atoms with Crippen LogP contribution in [0.3, 0.4) is 0 Å². The summed E-state index contributed by atoms with van der Waals surface area (Å²) in [4.78, 5) is 6.59. The molecule has 0 bridgehead atoms. The van der Waals surface area contributed by atoms with Gasteiger partial charge in [0.1, 0.15) is 0 Å². The standard InChI is InChI=1S/C36H23NS/c1-2-12-27-25(10-1)26-11-3-4-13-28(26)32-21-24(19-20-29(27)32)34-17-8-16-33(37-34)23-9-7-15-31-30-14-5-6-18-35(30)38-36(31)22-23/h1-21H,22H2. The number of nitrogens with zero attached hydrogens (tertiary/aromatic N) is 1. The van der Waals surface area contributed by atoms with E-state index in [4.69, 9.17) is 4.98 Å². The lowest BCUT2D eigenvalue weighted by atomic mass is 9.93. The Labute approximate surface area is 225 Å². The van der Waals surface area contributed by atoms with Crippen LogP contribution >= 0.6 is 11.3 Å². The normalized spacial score (nSPS) is 13.2. The van der Waals surface area contributed by atoms with Crippen LogP contribution in [0.2, 0.25) is 0 Å². The van der Waals surface area contributed by atoms with Gasteiger partial charge in [-0.05, 0) is 73.1 Å². The van der Waals surface area contributed by atoms with Crippen LogP contribution in [0.4, 0.5) is 0 Å². The summed E-state index contributed by atoms with van der Waals surface area (Å²) >= 11 is 1.90. The monoisotopic (exact) mass is 501 g/mol. The van der Waals surface area contributed by atoms with E-state index in [9.17, 15) is 0 Å². The Balaban J connectivity index is 1.25. The predicted molar refractivity (Wildman–Crippen MR) is 165 cm³/mol. The molecule has 0 N–H and O–H groups in total. The molecule has 5 aromatic carbocycles. The van der Waals surface area contributed by atoms with Gasteiger partial charge in [-0.3, -0.25) is 0 Å². The molecule has 2 aromatic heterocycles. The van der Waals surface area contributed by atoms with Crippen molar-refractivity contribution in [2.75, 3.05) is 0 Å². The molecule has 0 saturated heterocycles. The van der Waals surface area contributed by atoms with Crippen molar-refractivity contribution in [3.63, 3.8) is 0 Å². The Bertz CT molecular complexity index is 2070. The number of aromatic nitrogens is 1. The first-order chi connectivity index (χ1) is 18.8. The molecule has 0 spiro atoms. The van der Waals surface area contributed by atoms with Crippen molar-refractivity contribution < 1.29 is 0 Å². The van der Waals surface area contributed by atoms with E-state index in [1.54, 1.807) is 0 Å². The van der Waals surface area contributed by atoms with Crippen LogP contribution in [0.1, 0.15) is 16.1 Å². The molecule has 0 unspecified atom stereocenters. The highest BCUT2D eigenvalue weighted by Gasteiger charge is 2.16. The highest BCUT2D eigenvalue weighted by Crippen LogP contribution is 2.39. The number of pyridine rings is 1. The van der Waals surface area contributed by atoms with Gasteiger partial charge in [0.25, 0.3) is 0 Å². The summed E-state index contributed by atoms with van der Waals surface area (Å²) in [5.41, 5.74) is 5.80. The van der Waals surface area contributed by atoms with Crippen LogP contribution in [-0.4, -0.2) is 4.98 Å². The topological polar surface area (TPSA) is 12.9 Å². The van der Waals surface area contributed by atoms with Gasteiger partial charge in [-0.15, -0.1) is 11.3 Å². The van der Waals surface area contributed by atoms with Gasteiger partial charge >= 0.3 is 0 Å². The molecule has 0 aliphatic heterocycles. The maximum Gasteiger partial charge on any atom is 0.0709 e. The van der Waals surface area contributed by atoms with E-state index in [1.165, 1.54) is 58.4 Å². The lowest BCUT2D eigenvalue weighted by molar-refractivity contribution is 1.23. The number of fused-ring (bicyclic) bond motifs is 9. The highest BCUT2D eigenvalue weighted by molar-refractivity contribution is 7.19. The van der Waals surface area contributed by atoms with Gasteiger partial charge in [-0.2, -0.15) is 0 Å². The molecule has 7 aromatic rings. The fourth-order valence-corrected chi connectivity index (χ4v) is 7.16. The molecule has 2 heteroatoms. The Kier molecular flexibility index (Phi) is 4.83. The molecule has 8 rings (SSSR count). The van der Waals surface area contributed by atoms with Gasteiger partial charge in [0.15, 0.2) is 0 Å². The van der Waals surface area contributed by atoms with Crippen molar-refractivity contribution in [2.24, 2.45) is 0 Å². The molecule has 38 heavy (non-hydrogen) atoms. The first kappa shape index (κ1) is 21.5. The van der Waals surface area contributed by atoms with E-state index in [0.717, 1.165) is 23.4 Å². The summed E-state index contributed by atoms with van der Waals surface area (Å²) in [5, 5.41) is 9.08. The largest absolute Gasteiger partial charge is 0.248 e. The van der Waals surface area contributed by atoms with Crippen LogP contribution in [0.25, 0.3) is 65.3 Å². The van der Waals surface area contributed by atoms with E-state index in [-0.39, 0.29) is 0 Å². The second kappa shape index (κ2) is 8.51. The van der Waals surface area contributed by atoms with Gasteiger partial charge in [-0.1, -0.05) is 103 Å². The number of rotatable bonds is 2. The maximum absolute atomic E-state index is 5.19. The van der Waals surface area contributed by atoms with Gasteiger partial charge in [-0.25, -0.2) is 4.98 Å². The number of allylic oxidation sites excluding steroid dienone is 3. The Morgan fingerprint density at radius 2 is 1.18 bits per heavy atom. The molecular formula is C36H23NS. The molecule has 178 valence electrons. The maximum atomic E-state index is 5.19. The molecule has 1 aliphatic rings. The lowest BCUT2D eigenvalue weighted by Crippen LogP contribution is -1.95. The molecule has 0 amide bonds. The van der Waals surface area contributed by atoms with E-state index < -0.39 is 0 Å². The van der Waals surface area contributed by atoms with Crippen LogP contribution in [0.5, 0.6) is 0 Å². The average Bonchev–Trinajstić information content (AvgIpc) is 3.19. The van der Waals surface area contributed by atoms with Crippen molar-refractivity contribution in [1.29, 1.82) is 0 Å². The van der Waals surface area contributed by atoms with Crippen molar-refractivity contribution in [3.05, 3.63) is 137 Å². The SMILES string of the molecule is C1=Cc2c(sc3ccccc23)CC(c2cccc(-c3ccc4c5ccccc5c5ccccc5c4c3)n2)=C1. The van der Waals surface area contributed by atoms with E-state index in [1.807, 2.05) is 11.3 Å².